The number of amides is 2. The number of fused-ring (bicyclic) bond motifs is 1. The first-order chi connectivity index (χ1) is 16.4. The summed E-state index contributed by atoms with van der Waals surface area (Å²) in [6.07, 6.45) is 0. The number of diazo groups is 1. The topological polar surface area (TPSA) is 136 Å². The molecule has 10 heteroatoms. The molecule has 0 spiro atoms. The SMILES string of the molecule is N#[N+]c1ccc2c(S(=O)(=O)Oc3ccc(NC(=O)NCc4ccccc4)cc3)cccc2c1[O-]. The number of carbonyl (C=O) groups excluding carboxylic acids is 1. The van der Waals surface area contributed by atoms with E-state index in [1.807, 2.05) is 30.3 Å². The zero-order valence-corrected chi connectivity index (χ0v) is 18.5. The van der Waals surface area contributed by atoms with Crippen LogP contribution in [0.25, 0.3) is 15.7 Å². The number of rotatable bonds is 6. The standard InChI is InChI=1S/C24H18N4O5S/c25-28-21-14-13-19-20(23(21)29)7-4-8-22(19)34(31,32)33-18-11-9-17(10-12-18)27-24(30)26-15-16-5-2-1-3-6-16/h1-14H,15H2,(H2-,26,27,29,30). The van der Waals surface area contributed by atoms with Crippen LogP contribution in [0, 0.1) is 5.39 Å². The highest BCUT2D eigenvalue weighted by atomic mass is 32.2. The monoisotopic (exact) mass is 474 g/mol. The van der Waals surface area contributed by atoms with E-state index in [9.17, 15) is 18.3 Å². The quantitative estimate of drug-likeness (QED) is 0.312. The molecule has 4 aromatic carbocycles. The smallest absolute Gasteiger partial charge is 0.378 e. The highest BCUT2D eigenvalue weighted by molar-refractivity contribution is 7.87. The summed E-state index contributed by atoms with van der Waals surface area (Å²) in [5.41, 5.74) is 1.20. The predicted molar refractivity (Wildman–Crippen MR) is 125 cm³/mol. The van der Waals surface area contributed by atoms with Crippen LogP contribution in [0.2, 0.25) is 0 Å². The Morgan fingerprint density at radius 2 is 1.65 bits per heavy atom. The van der Waals surface area contributed by atoms with Crippen molar-refractivity contribution < 1.29 is 22.5 Å². The fourth-order valence-electron chi connectivity index (χ4n) is 3.31. The van der Waals surface area contributed by atoms with Gasteiger partial charge in [0.2, 0.25) is 5.39 Å². The zero-order valence-electron chi connectivity index (χ0n) is 17.6. The molecule has 4 aromatic rings. The lowest BCUT2D eigenvalue weighted by Crippen LogP contribution is -2.28. The van der Waals surface area contributed by atoms with Gasteiger partial charge in [0.15, 0.2) is 4.98 Å². The van der Waals surface area contributed by atoms with Crippen LogP contribution >= 0.6 is 0 Å². The molecule has 9 nitrogen and oxygen atoms in total. The molecule has 0 heterocycles. The van der Waals surface area contributed by atoms with Gasteiger partial charge in [-0.2, -0.15) is 8.42 Å². The van der Waals surface area contributed by atoms with Crippen LogP contribution < -0.4 is 19.9 Å². The third-order valence-corrected chi connectivity index (χ3v) is 6.25. The van der Waals surface area contributed by atoms with Crippen LogP contribution in [0.15, 0.2) is 89.8 Å². The van der Waals surface area contributed by atoms with Crippen molar-refractivity contribution in [1.82, 2.24) is 5.32 Å². The van der Waals surface area contributed by atoms with E-state index < -0.39 is 21.9 Å². The van der Waals surface area contributed by atoms with E-state index in [1.54, 1.807) is 0 Å². The molecule has 0 fully saturated rings. The van der Waals surface area contributed by atoms with Gasteiger partial charge in [0, 0.05) is 23.7 Å². The van der Waals surface area contributed by atoms with Crippen molar-refractivity contribution in [3.05, 3.63) is 95.5 Å². The lowest BCUT2D eigenvalue weighted by atomic mass is 10.1. The first kappa shape index (κ1) is 22.6. The van der Waals surface area contributed by atoms with Crippen molar-refractivity contribution in [2.24, 2.45) is 0 Å². The highest BCUT2D eigenvalue weighted by Gasteiger charge is 2.21. The molecule has 34 heavy (non-hydrogen) atoms. The van der Waals surface area contributed by atoms with Crippen molar-refractivity contribution in [2.75, 3.05) is 5.32 Å². The molecular formula is C24H18N4O5S. The van der Waals surface area contributed by atoms with E-state index in [-0.39, 0.29) is 27.1 Å². The van der Waals surface area contributed by atoms with E-state index >= 15 is 0 Å². The Morgan fingerprint density at radius 1 is 0.912 bits per heavy atom. The van der Waals surface area contributed by atoms with E-state index in [0.29, 0.717) is 12.2 Å². The molecule has 0 bridgehead atoms. The summed E-state index contributed by atoms with van der Waals surface area (Å²) in [6, 6.07) is 21.6. The number of hydrogen-bond acceptors (Lipinski definition) is 6. The van der Waals surface area contributed by atoms with Crippen molar-refractivity contribution >= 4 is 38.3 Å². The average Bonchev–Trinajstić information content (AvgIpc) is 2.84. The molecule has 2 amide bonds. The second-order valence-electron chi connectivity index (χ2n) is 7.22. The van der Waals surface area contributed by atoms with Crippen LogP contribution in [0.4, 0.5) is 16.2 Å². The Morgan fingerprint density at radius 3 is 2.35 bits per heavy atom. The molecule has 4 rings (SSSR count). The third kappa shape index (κ3) is 4.90. The molecule has 170 valence electrons. The number of benzene rings is 4. The van der Waals surface area contributed by atoms with Crippen LogP contribution in [-0.4, -0.2) is 14.4 Å². The zero-order chi connectivity index (χ0) is 24.1. The van der Waals surface area contributed by atoms with E-state index in [1.165, 1.54) is 54.6 Å². The normalized spacial score (nSPS) is 10.9. The highest BCUT2D eigenvalue weighted by Crippen LogP contribution is 2.36. The van der Waals surface area contributed by atoms with Gasteiger partial charge in [-0.25, -0.2) is 4.79 Å². The van der Waals surface area contributed by atoms with Gasteiger partial charge in [-0.3, -0.25) is 0 Å². The molecule has 2 N–H and O–H groups in total. The minimum absolute atomic E-state index is 0.0246. The molecule has 0 aliphatic rings. The second-order valence-corrected chi connectivity index (χ2v) is 8.73. The Kier molecular flexibility index (Phi) is 6.29. The lowest BCUT2D eigenvalue weighted by Gasteiger charge is -2.13. The molecule has 0 atom stereocenters. The van der Waals surface area contributed by atoms with E-state index in [2.05, 4.69) is 15.6 Å². The summed E-state index contributed by atoms with van der Waals surface area (Å²) in [6.45, 7) is 0.357. The number of nitrogens with zero attached hydrogens (tertiary/aromatic N) is 2. The van der Waals surface area contributed by atoms with Gasteiger partial charge in [0.25, 0.3) is 0 Å². The molecule has 0 aliphatic carbocycles. The van der Waals surface area contributed by atoms with Gasteiger partial charge >= 0.3 is 21.8 Å². The van der Waals surface area contributed by atoms with Gasteiger partial charge in [0.1, 0.15) is 10.6 Å². The maximum atomic E-state index is 12.9. The Bertz CT molecular complexity index is 1500. The molecule has 0 aromatic heterocycles. The summed E-state index contributed by atoms with van der Waals surface area (Å²) in [5.74, 6) is -0.574. The predicted octanol–water partition coefficient (Wildman–Crippen LogP) is 4.49. The summed E-state index contributed by atoms with van der Waals surface area (Å²) < 4.78 is 31.0. The fourth-order valence-corrected chi connectivity index (χ4v) is 4.45. The maximum absolute atomic E-state index is 12.9. The summed E-state index contributed by atoms with van der Waals surface area (Å²) in [4.78, 5) is 14.8. The van der Waals surface area contributed by atoms with E-state index in [0.717, 1.165) is 5.56 Å². The molecule has 0 unspecified atom stereocenters. The Labute approximate surface area is 195 Å². The van der Waals surface area contributed by atoms with Crippen molar-refractivity contribution in [2.45, 2.75) is 11.4 Å². The van der Waals surface area contributed by atoms with Gasteiger partial charge in [-0.15, -0.1) is 0 Å². The van der Waals surface area contributed by atoms with Crippen LogP contribution in [0.3, 0.4) is 0 Å². The van der Waals surface area contributed by atoms with Gasteiger partial charge in [-0.1, -0.05) is 42.5 Å². The van der Waals surface area contributed by atoms with Gasteiger partial charge in [0.05, 0.1) is 0 Å². The lowest BCUT2D eigenvalue weighted by molar-refractivity contribution is -0.264. The third-order valence-electron chi connectivity index (χ3n) is 4.94. The first-order valence-corrected chi connectivity index (χ1v) is 11.5. The van der Waals surface area contributed by atoms with Crippen LogP contribution in [-0.2, 0) is 16.7 Å². The Hall–Kier alpha value is -4.62. The van der Waals surface area contributed by atoms with E-state index in [4.69, 9.17) is 9.58 Å². The second kappa shape index (κ2) is 9.48. The van der Waals surface area contributed by atoms with Crippen molar-refractivity contribution in [3.8, 4) is 11.5 Å². The molecule has 0 aliphatic heterocycles. The van der Waals surface area contributed by atoms with Gasteiger partial charge < -0.3 is 19.9 Å². The molecule has 0 saturated heterocycles. The number of anilines is 1. The maximum Gasteiger partial charge on any atom is 0.378 e. The van der Waals surface area contributed by atoms with Gasteiger partial charge in [-0.05, 0) is 53.1 Å². The average molecular weight is 474 g/mol. The summed E-state index contributed by atoms with van der Waals surface area (Å²) in [5, 5.41) is 26.8. The molecule has 0 radical (unpaired) electrons. The molecule has 0 saturated carbocycles. The minimum atomic E-state index is -4.28. The fraction of sp³-hybridized carbons (Fsp3) is 0.0417. The van der Waals surface area contributed by atoms with Crippen LogP contribution in [0.1, 0.15) is 5.56 Å². The summed E-state index contributed by atoms with van der Waals surface area (Å²) >= 11 is 0. The number of hydrogen-bond donors (Lipinski definition) is 2. The van der Waals surface area contributed by atoms with Crippen LogP contribution in [0.5, 0.6) is 11.5 Å². The largest absolute Gasteiger partial charge is 0.867 e. The number of nitrogens with one attached hydrogen (secondary N) is 2. The molecular weight excluding hydrogens is 456 g/mol. The minimum Gasteiger partial charge on any atom is -0.867 e. The van der Waals surface area contributed by atoms with Crippen molar-refractivity contribution in [3.63, 3.8) is 0 Å². The Balaban J connectivity index is 1.46. The van der Waals surface area contributed by atoms with Crippen molar-refractivity contribution in [1.29, 1.82) is 5.39 Å². The number of carbonyl (C=O) groups is 1. The summed E-state index contributed by atoms with van der Waals surface area (Å²) in [7, 11) is -4.28. The number of urea groups is 1. The first-order valence-electron chi connectivity index (χ1n) is 10.1.